The number of nitrogens with one attached hydrogen (secondary N) is 1. The molecule has 0 spiro atoms. The Labute approximate surface area is 144 Å². The molecule has 2 heterocycles. The highest BCUT2D eigenvalue weighted by molar-refractivity contribution is 5.92. The van der Waals surface area contributed by atoms with Crippen LogP contribution in [0.4, 0.5) is 5.69 Å². The van der Waals surface area contributed by atoms with E-state index < -0.39 is 0 Å². The molecule has 1 amide bonds. The average molecular weight is 339 g/mol. The first-order chi connectivity index (χ1) is 12.2. The number of ether oxygens (including phenoxy) is 2. The summed E-state index contributed by atoms with van der Waals surface area (Å²) in [5.41, 5.74) is 1.37. The molecule has 0 radical (unpaired) electrons. The van der Waals surface area contributed by atoms with E-state index in [0.717, 1.165) is 5.56 Å². The van der Waals surface area contributed by atoms with Gasteiger partial charge in [-0.3, -0.25) is 4.79 Å². The second-order valence-corrected chi connectivity index (χ2v) is 5.15. The van der Waals surface area contributed by atoms with Crippen molar-refractivity contribution < 1.29 is 14.3 Å². The highest BCUT2D eigenvalue weighted by Gasteiger charge is 2.11. The van der Waals surface area contributed by atoms with Gasteiger partial charge < -0.3 is 14.8 Å². The SMILES string of the molecule is COc1ccc(CC(=O)Nc2ccc(-n3cncn3)nc2)c(OC)c1. The molecule has 0 atom stereocenters. The predicted octanol–water partition coefficient (Wildman–Crippen LogP) is 1.86. The number of carbonyl (C=O) groups excluding carboxylic acids is 1. The molecular weight excluding hydrogens is 322 g/mol. The lowest BCUT2D eigenvalue weighted by Gasteiger charge is -2.11. The summed E-state index contributed by atoms with van der Waals surface area (Å²) >= 11 is 0. The topological polar surface area (TPSA) is 91.2 Å². The van der Waals surface area contributed by atoms with Crippen LogP contribution in [-0.2, 0) is 11.2 Å². The fourth-order valence-electron chi connectivity index (χ4n) is 2.30. The molecule has 128 valence electrons. The maximum absolute atomic E-state index is 12.3. The zero-order chi connectivity index (χ0) is 17.6. The lowest BCUT2D eigenvalue weighted by molar-refractivity contribution is -0.115. The van der Waals surface area contributed by atoms with Crippen molar-refractivity contribution in [1.29, 1.82) is 0 Å². The minimum absolute atomic E-state index is 0.168. The lowest BCUT2D eigenvalue weighted by atomic mass is 10.1. The van der Waals surface area contributed by atoms with E-state index in [1.54, 1.807) is 51.0 Å². The van der Waals surface area contributed by atoms with E-state index in [2.05, 4.69) is 20.4 Å². The number of anilines is 1. The average Bonchev–Trinajstić information content (AvgIpc) is 3.17. The van der Waals surface area contributed by atoms with E-state index in [-0.39, 0.29) is 12.3 Å². The van der Waals surface area contributed by atoms with Crippen LogP contribution in [0, 0.1) is 0 Å². The van der Waals surface area contributed by atoms with Gasteiger partial charge in [0.2, 0.25) is 5.91 Å². The van der Waals surface area contributed by atoms with Crippen LogP contribution in [0.5, 0.6) is 11.5 Å². The predicted molar refractivity (Wildman–Crippen MR) is 91.0 cm³/mol. The molecule has 25 heavy (non-hydrogen) atoms. The first-order valence-electron chi connectivity index (χ1n) is 7.51. The molecule has 0 saturated carbocycles. The highest BCUT2D eigenvalue weighted by Crippen LogP contribution is 2.25. The van der Waals surface area contributed by atoms with Crippen molar-refractivity contribution in [1.82, 2.24) is 19.7 Å². The van der Waals surface area contributed by atoms with Gasteiger partial charge >= 0.3 is 0 Å². The third-order valence-electron chi connectivity index (χ3n) is 3.53. The Bertz CT molecular complexity index is 847. The smallest absolute Gasteiger partial charge is 0.228 e. The quantitative estimate of drug-likeness (QED) is 0.737. The molecule has 3 aromatic rings. The fourth-order valence-corrected chi connectivity index (χ4v) is 2.30. The highest BCUT2D eigenvalue weighted by atomic mass is 16.5. The summed E-state index contributed by atoms with van der Waals surface area (Å²) in [4.78, 5) is 20.4. The maximum atomic E-state index is 12.3. The number of benzene rings is 1. The zero-order valence-corrected chi connectivity index (χ0v) is 13.8. The first-order valence-corrected chi connectivity index (χ1v) is 7.51. The van der Waals surface area contributed by atoms with Crippen LogP contribution in [-0.4, -0.2) is 39.9 Å². The Morgan fingerprint density at radius 2 is 2.08 bits per heavy atom. The number of carbonyl (C=O) groups is 1. The standard InChI is InChI=1S/C17H17N5O3/c1-24-14-5-3-12(15(8-14)25-2)7-17(23)21-13-4-6-16(19-9-13)22-11-18-10-20-22/h3-6,8-11H,7H2,1-2H3,(H,21,23). The minimum Gasteiger partial charge on any atom is -0.497 e. The number of methoxy groups -OCH3 is 2. The molecule has 0 saturated heterocycles. The monoisotopic (exact) mass is 339 g/mol. The van der Waals surface area contributed by atoms with Gasteiger partial charge in [0.1, 0.15) is 24.2 Å². The molecule has 2 aromatic heterocycles. The summed E-state index contributed by atoms with van der Waals surface area (Å²) in [6.45, 7) is 0. The third kappa shape index (κ3) is 3.92. The van der Waals surface area contributed by atoms with Gasteiger partial charge in [0.25, 0.3) is 0 Å². The molecule has 1 N–H and O–H groups in total. The molecule has 0 bridgehead atoms. The number of rotatable bonds is 6. The van der Waals surface area contributed by atoms with Gasteiger partial charge in [0, 0.05) is 11.6 Å². The van der Waals surface area contributed by atoms with Gasteiger partial charge in [-0.1, -0.05) is 6.07 Å². The molecule has 3 rings (SSSR count). The van der Waals surface area contributed by atoms with E-state index >= 15 is 0 Å². The Morgan fingerprint density at radius 3 is 2.72 bits per heavy atom. The van der Waals surface area contributed by atoms with Crippen molar-refractivity contribution in [3.63, 3.8) is 0 Å². The Balaban J connectivity index is 1.66. The van der Waals surface area contributed by atoms with Crippen LogP contribution >= 0.6 is 0 Å². The molecule has 1 aromatic carbocycles. The van der Waals surface area contributed by atoms with E-state index in [1.807, 2.05) is 6.07 Å². The van der Waals surface area contributed by atoms with Crippen molar-refractivity contribution in [2.75, 3.05) is 19.5 Å². The summed E-state index contributed by atoms with van der Waals surface area (Å²) in [7, 11) is 3.14. The van der Waals surface area contributed by atoms with Crippen LogP contribution < -0.4 is 14.8 Å². The molecule has 0 aliphatic heterocycles. The van der Waals surface area contributed by atoms with E-state index in [9.17, 15) is 4.79 Å². The van der Waals surface area contributed by atoms with E-state index in [1.165, 1.54) is 11.0 Å². The Morgan fingerprint density at radius 1 is 1.20 bits per heavy atom. The number of pyridine rings is 1. The van der Waals surface area contributed by atoms with Crippen LogP contribution in [0.1, 0.15) is 5.56 Å². The third-order valence-corrected chi connectivity index (χ3v) is 3.53. The molecule has 0 unspecified atom stereocenters. The fraction of sp³-hybridized carbons (Fsp3) is 0.176. The number of aromatic nitrogens is 4. The van der Waals surface area contributed by atoms with Gasteiger partial charge in [-0.2, -0.15) is 5.10 Å². The van der Waals surface area contributed by atoms with Crippen molar-refractivity contribution in [3.8, 4) is 17.3 Å². The molecule has 8 heteroatoms. The van der Waals surface area contributed by atoms with Gasteiger partial charge in [-0.25, -0.2) is 14.6 Å². The number of hydrogen-bond acceptors (Lipinski definition) is 6. The van der Waals surface area contributed by atoms with E-state index in [0.29, 0.717) is 23.0 Å². The second-order valence-electron chi connectivity index (χ2n) is 5.15. The summed E-state index contributed by atoms with van der Waals surface area (Å²) in [5.74, 6) is 1.73. The van der Waals surface area contributed by atoms with Crippen molar-refractivity contribution >= 4 is 11.6 Å². The number of hydrogen-bond donors (Lipinski definition) is 1. The minimum atomic E-state index is -0.168. The van der Waals surface area contributed by atoms with Crippen LogP contribution in [0.15, 0.2) is 49.2 Å². The number of nitrogens with zero attached hydrogens (tertiary/aromatic N) is 4. The summed E-state index contributed by atoms with van der Waals surface area (Å²) in [5, 5.41) is 6.81. The summed E-state index contributed by atoms with van der Waals surface area (Å²) in [6.07, 6.45) is 4.73. The second kappa shape index (κ2) is 7.43. The van der Waals surface area contributed by atoms with Gasteiger partial charge in [0.15, 0.2) is 5.82 Å². The summed E-state index contributed by atoms with van der Waals surface area (Å²) < 4.78 is 12.0. The molecule has 0 fully saturated rings. The largest absolute Gasteiger partial charge is 0.497 e. The molecule has 8 nitrogen and oxygen atoms in total. The van der Waals surface area contributed by atoms with Gasteiger partial charge in [-0.15, -0.1) is 0 Å². The molecule has 0 aliphatic carbocycles. The zero-order valence-electron chi connectivity index (χ0n) is 13.8. The van der Waals surface area contributed by atoms with Crippen molar-refractivity contribution in [2.24, 2.45) is 0 Å². The van der Waals surface area contributed by atoms with Crippen molar-refractivity contribution in [3.05, 3.63) is 54.7 Å². The summed E-state index contributed by atoms with van der Waals surface area (Å²) in [6, 6.07) is 8.85. The Kier molecular flexibility index (Phi) is 4.89. The van der Waals surface area contributed by atoms with Crippen LogP contribution in [0.3, 0.4) is 0 Å². The number of amides is 1. The van der Waals surface area contributed by atoms with Gasteiger partial charge in [-0.05, 0) is 18.2 Å². The van der Waals surface area contributed by atoms with Gasteiger partial charge in [0.05, 0.1) is 32.5 Å². The molecular formula is C17H17N5O3. The van der Waals surface area contributed by atoms with Crippen LogP contribution in [0.25, 0.3) is 5.82 Å². The Hall–Kier alpha value is -3.42. The van der Waals surface area contributed by atoms with Crippen LogP contribution in [0.2, 0.25) is 0 Å². The first kappa shape index (κ1) is 16.4. The maximum Gasteiger partial charge on any atom is 0.228 e. The van der Waals surface area contributed by atoms with E-state index in [4.69, 9.17) is 9.47 Å². The molecule has 0 aliphatic rings. The normalized spacial score (nSPS) is 10.3. The van der Waals surface area contributed by atoms with Crippen molar-refractivity contribution in [2.45, 2.75) is 6.42 Å². The lowest BCUT2D eigenvalue weighted by Crippen LogP contribution is -2.15.